The van der Waals surface area contributed by atoms with E-state index in [1.54, 1.807) is 4.90 Å². The van der Waals surface area contributed by atoms with Crippen LogP contribution in [0, 0.1) is 0 Å². The number of ether oxygens (including phenoxy) is 1. The zero-order valence-electron chi connectivity index (χ0n) is 21.4. The van der Waals surface area contributed by atoms with Gasteiger partial charge in [0, 0.05) is 13.0 Å². The van der Waals surface area contributed by atoms with Crippen molar-refractivity contribution in [2.45, 2.75) is 44.3 Å². The summed E-state index contributed by atoms with van der Waals surface area (Å²) in [4.78, 5) is 28.9. The summed E-state index contributed by atoms with van der Waals surface area (Å²) < 4.78 is 5.91. The maximum atomic E-state index is 13.8. The highest BCUT2D eigenvalue weighted by molar-refractivity contribution is 5.97. The summed E-state index contributed by atoms with van der Waals surface area (Å²) in [6, 6.07) is 30.4. The summed E-state index contributed by atoms with van der Waals surface area (Å²) in [5, 5.41) is 5.25. The molecule has 2 amide bonds. The lowest BCUT2D eigenvalue weighted by Gasteiger charge is -2.39. The van der Waals surface area contributed by atoms with Gasteiger partial charge in [-0.1, -0.05) is 72.8 Å². The van der Waals surface area contributed by atoms with Gasteiger partial charge in [0.05, 0.1) is 0 Å². The van der Waals surface area contributed by atoms with Crippen LogP contribution >= 0.6 is 0 Å². The van der Waals surface area contributed by atoms with Gasteiger partial charge < -0.3 is 20.7 Å². The number of benzene rings is 4. The molecule has 0 saturated carbocycles. The van der Waals surface area contributed by atoms with E-state index in [9.17, 15) is 9.59 Å². The summed E-state index contributed by atoms with van der Waals surface area (Å²) >= 11 is 0. The van der Waals surface area contributed by atoms with Crippen LogP contribution in [0.4, 0.5) is 0 Å². The molecule has 4 aromatic carbocycles. The van der Waals surface area contributed by atoms with Crippen LogP contribution in [0.5, 0.6) is 11.5 Å². The number of para-hydroxylation sites is 1. The van der Waals surface area contributed by atoms with Gasteiger partial charge in [0.2, 0.25) is 11.8 Å². The molecular formula is C32H33N3O3. The number of nitrogens with two attached hydrogens (primary N) is 1. The third kappa shape index (κ3) is 5.87. The number of rotatable bonds is 10. The Balaban J connectivity index is 1.36. The molecular weight excluding hydrogens is 474 g/mol. The summed E-state index contributed by atoms with van der Waals surface area (Å²) in [6.07, 6.45) is 2.64. The first-order valence-corrected chi connectivity index (χ1v) is 13.2. The van der Waals surface area contributed by atoms with E-state index < -0.39 is 12.1 Å². The number of nitrogens with one attached hydrogen (secondary N) is 1. The monoisotopic (exact) mass is 507 g/mol. The molecule has 194 valence electrons. The number of nitrogens with zero attached hydrogens (tertiary/aromatic N) is 1. The summed E-state index contributed by atoms with van der Waals surface area (Å²) in [7, 11) is 0. The average Bonchev–Trinajstić information content (AvgIpc) is 2.95. The molecule has 0 radical (unpaired) electrons. The molecule has 1 fully saturated rings. The van der Waals surface area contributed by atoms with Crippen molar-refractivity contribution < 1.29 is 14.3 Å². The summed E-state index contributed by atoms with van der Waals surface area (Å²) in [5.74, 6) is 1.33. The van der Waals surface area contributed by atoms with Gasteiger partial charge in [0.1, 0.15) is 23.6 Å². The van der Waals surface area contributed by atoms with Crippen molar-refractivity contribution in [3.63, 3.8) is 0 Å². The Bertz CT molecular complexity index is 1380. The molecule has 6 heteroatoms. The van der Waals surface area contributed by atoms with Gasteiger partial charge in [-0.3, -0.25) is 9.59 Å². The number of hydrogen-bond donors (Lipinski definition) is 2. The van der Waals surface area contributed by atoms with Crippen molar-refractivity contribution in [3.8, 4) is 11.5 Å². The quantitative estimate of drug-likeness (QED) is 0.289. The molecule has 0 unspecified atom stereocenters. The Labute approximate surface area is 223 Å². The highest BCUT2D eigenvalue weighted by Gasteiger charge is 2.40. The number of carbonyl (C=O) groups excluding carboxylic acids is 2. The molecule has 1 aliphatic rings. The van der Waals surface area contributed by atoms with Gasteiger partial charge in [0.15, 0.2) is 0 Å². The maximum absolute atomic E-state index is 13.8. The van der Waals surface area contributed by atoms with Gasteiger partial charge in [-0.15, -0.1) is 0 Å². The Kier molecular flexibility index (Phi) is 8.00. The summed E-state index contributed by atoms with van der Waals surface area (Å²) in [5.41, 5.74) is 7.69. The van der Waals surface area contributed by atoms with E-state index >= 15 is 0 Å². The highest BCUT2D eigenvalue weighted by atomic mass is 16.5. The normalized spacial score (nSPS) is 17.4. The van der Waals surface area contributed by atoms with Crippen LogP contribution in [0.15, 0.2) is 97.1 Å². The maximum Gasteiger partial charge on any atom is 0.246 e. The minimum Gasteiger partial charge on any atom is -0.457 e. The molecule has 0 aromatic heterocycles. The molecule has 6 nitrogen and oxygen atoms in total. The second kappa shape index (κ2) is 11.9. The van der Waals surface area contributed by atoms with E-state index in [2.05, 4.69) is 23.5 Å². The van der Waals surface area contributed by atoms with Crippen LogP contribution in [0.2, 0.25) is 0 Å². The van der Waals surface area contributed by atoms with E-state index in [4.69, 9.17) is 10.5 Å². The minimum atomic E-state index is -0.611. The van der Waals surface area contributed by atoms with E-state index in [0.29, 0.717) is 25.9 Å². The lowest BCUT2D eigenvalue weighted by atomic mass is 9.94. The van der Waals surface area contributed by atoms with Crippen molar-refractivity contribution in [1.82, 2.24) is 10.2 Å². The van der Waals surface area contributed by atoms with Crippen molar-refractivity contribution >= 4 is 22.6 Å². The standard InChI is InChI=1S/C32H33N3O3/c33-20-7-6-15-30-31(36)34-29(21-25-11-8-10-24-9-4-5-14-28(24)25)32(37)35(30)22-23-16-18-27(19-17-23)38-26-12-2-1-3-13-26/h1-5,8-14,16-19,29-30H,6-7,15,20-22,33H2,(H,34,36)/t29-,30-/m0/s1. The molecule has 1 heterocycles. The van der Waals surface area contributed by atoms with Crippen LogP contribution in [0.25, 0.3) is 10.8 Å². The zero-order chi connectivity index (χ0) is 26.3. The molecule has 1 saturated heterocycles. The Hall–Kier alpha value is -4.16. The van der Waals surface area contributed by atoms with Crippen molar-refractivity contribution in [2.24, 2.45) is 5.73 Å². The van der Waals surface area contributed by atoms with Gasteiger partial charge >= 0.3 is 0 Å². The fourth-order valence-corrected chi connectivity index (χ4v) is 5.09. The van der Waals surface area contributed by atoms with Gasteiger partial charge in [-0.25, -0.2) is 0 Å². The van der Waals surface area contributed by atoms with E-state index in [0.717, 1.165) is 46.2 Å². The minimum absolute atomic E-state index is 0.0557. The van der Waals surface area contributed by atoms with Crippen molar-refractivity contribution in [3.05, 3.63) is 108 Å². The molecule has 4 aromatic rings. The molecule has 2 atom stereocenters. The van der Waals surface area contributed by atoms with E-state index in [1.807, 2.05) is 78.9 Å². The molecule has 1 aliphatic heterocycles. The second-order valence-corrected chi connectivity index (χ2v) is 9.73. The largest absolute Gasteiger partial charge is 0.457 e. The topological polar surface area (TPSA) is 84.7 Å². The highest BCUT2D eigenvalue weighted by Crippen LogP contribution is 2.26. The molecule has 0 spiro atoms. The van der Waals surface area contributed by atoms with Crippen LogP contribution in [-0.2, 0) is 22.6 Å². The third-order valence-corrected chi connectivity index (χ3v) is 7.07. The molecule has 3 N–H and O–H groups in total. The number of unbranched alkanes of at least 4 members (excludes halogenated alkanes) is 1. The molecule has 38 heavy (non-hydrogen) atoms. The van der Waals surface area contributed by atoms with Crippen LogP contribution < -0.4 is 15.8 Å². The lowest BCUT2D eigenvalue weighted by Crippen LogP contribution is -2.63. The Morgan fingerprint density at radius 3 is 2.29 bits per heavy atom. The van der Waals surface area contributed by atoms with E-state index in [1.165, 1.54) is 0 Å². The number of piperazine rings is 1. The number of fused-ring (bicyclic) bond motifs is 1. The van der Waals surface area contributed by atoms with E-state index in [-0.39, 0.29) is 11.8 Å². The zero-order valence-corrected chi connectivity index (χ0v) is 21.4. The first-order valence-electron chi connectivity index (χ1n) is 13.2. The Morgan fingerprint density at radius 2 is 1.50 bits per heavy atom. The lowest BCUT2D eigenvalue weighted by molar-refractivity contribution is -0.150. The van der Waals surface area contributed by atoms with Crippen LogP contribution in [0.3, 0.4) is 0 Å². The van der Waals surface area contributed by atoms with Crippen molar-refractivity contribution in [2.75, 3.05) is 6.54 Å². The number of amides is 2. The fourth-order valence-electron chi connectivity index (χ4n) is 5.09. The van der Waals surface area contributed by atoms with Crippen LogP contribution in [0.1, 0.15) is 30.4 Å². The SMILES string of the molecule is NCCCC[C@H]1C(=O)N[C@@H](Cc2cccc3ccccc23)C(=O)N1Cc1ccc(Oc2ccccc2)cc1. The second-order valence-electron chi connectivity index (χ2n) is 9.73. The van der Waals surface area contributed by atoms with Gasteiger partial charge in [-0.05, 0) is 72.0 Å². The Morgan fingerprint density at radius 1 is 0.789 bits per heavy atom. The first kappa shape index (κ1) is 25.5. The molecule has 5 rings (SSSR count). The first-order chi connectivity index (χ1) is 18.6. The number of carbonyl (C=O) groups is 2. The predicted octanol–water partition coefficient (Wildman–Crippen LogP) is 5.20. The van der Waals surface area contributed by atoms with Crippen molar-refractivity contribution in [1.29, 1.82) is 0 Å². The fraction of sp³-hybridized carbons (Fsp3) is 0.250. The molecule has 0 aliphatic carbocycles. The smallest absolute Gasteiger partial charge is 0.246 e. The van der Waals surface area contributed by atoms with Crippen LogP contribution in [-0.4, -0.2) is 35.3 Å². The molecule has 0 bridgehead atoms. The third-order valence-electron chi connectivity index (χ3n) is 7.07. The predicted molar refractivity (Wildman–Crippen MR) is 150 cm³/mol. The van der Waals surface area contributed by atoms with Gasteiger partial charge in [0.25, 0.3) is 0 Å². The number of hydrogen-bond acceptors (Lipinski definition) is 4. The van der Waals surface area contributed by atoms with Gasteiger partial charge in [-0.2, -0.15) is 0 Å². The summed E-state index contributed by atoms with van der Waals surface area (Å²) in [6.45, 7) is 0.923. The average molecular weight is 508 g/mol.